The smallest absolute Gasteiger partial charge is 0.343 e. The first-order chi connectivity index (χ1) is 21.3. The highest BCUT2D eigenvalue weighted by molar-refractivity contribution is 14.1. The van der Waals surface area contributed by atoms with Crippen LogP contribution >= 0.6 is 34.2 Å². The summed E-state index contributed by atoms with van der Waals surface area (Å²) in [7, 11) is 0. The van der Waals surface area contributed by atoms with Gasteiger partial charge in [-0.3, -0.25) is 14.4 Å². The first kappa shape index (κ1) is 30.8. The second-order valence-electron chi connectivity index (χ2n) is 9.37. The van der Waals surface area contributed by atoms with Crippen LogP contribution in [0.3, 0.4) is 0 Å². The summed E-state index contributed by atoms with van der Waals surface area (Å²) < 4.78 is 12.2. The number of ether oxygens (including phenoxy) is 2. The third-order valence-corrected chi connectivity index (χ3v) is 7.55. The molecule has 0 aromatic heterocycles. The fraction of sp³-hybridized carbons (Fsp3) is 0.0909. The van der Waals surface area contributed by atoms with E-state index in [4.69, 9.17) is 21.1 Å². The van der Waals surface area contributed by atoms with Gasteiger partial charge in [0.25, 0.3) is 17.7 Å². The lowest BCUT2D eigenvalue weighted by Crippen LogP contribution is -2.57. The summed E-state index contributed by atoms with van der Waals surface area (Å²) in [6.45, 7) is 1.76. The van der Waals surface area contributed by atoms with Crippen LogP contribution in [0.1, 0.15) is 12.5 Å². The van der Waals surface area contributed by atoms with Gasteiger partial charge in [0.15, 0.2) is 18.1 Å². The van der Waals surface area contributed by atoms with Gasteiger partial charge < -0.3 is 14.8 Å². The molecule has 1 aliphatic heterocycles. The Bertz CT molecular complexity index is 1700. The van der Waals surface area contributed by atoms with E-state index in [0.29, 0.717) is 42.7 Å². The quantitative estimate of drug-likeness (QED) is 0.114. The second-order valence-corrected chi connectivity index (χ2v) is 10.9. The number of para-hydroxylation sites is 3. The molecule has 0 spiro atoms. The summed E-state index contributed by atoms with van der Waals surface area (Å²) in [4.78, 5) is 55.5. The average Bonchev–Trinajstić information content (AvgIpc) is 3.01. The van der Waals surface area contributed by atoms with Crippen molar-refractivity contribution in [3.05, 3.63) is 117 Å². The van der Waals surface area contributed by atoms with Crippen molar-refractivity contribution < 1.29 is 28.7 Å². The maximum Gasteiger partial charge on any atom is 0.343 e. The molecule has 11 heteroatoms. The first-order valence-corrected chi connectivity index (χ1v) is 14.9. The van der Waals surface area contributed by atoms with Crippen molar-refractivity contribution in [2.45, 2.75) is 6.92 Å². The highest BCUT2D eigenvalue weighted by atomic mass is 127. The van der Waals surface area contributed by atoms with Crippen molar-refractivity contribution in [2.75, 3.05) is 28.3 Å². The number of nitrogens with zero attached hydrogens (tertiary/aromatic N) is 2. The average molecular weight is 722 g/mol. The summed E-state index contributed by atoms with van der Waals surface area (Å²) in [6, 6.07) is 26.2. The van der Waals surface area contributed by atoms with Crippen LogP contribution in [0.25, 0.3) is 6.08 Å². The largest absolute Gasteiger partial charge is 0.490 e. The van der Waals surface area contributed by atoms with E-state index in [2.05, 4.69) is 5.32 Å². The Hall–Kier alpha value is -4.68. The van der Waals surface area contributed by atoms with Gasteiger partial charge in [0.1, 0.15) is 5.57 Å². The third-order valence-electron chi connectivity index (χ3n) is 6.42. The number of nitrogens with one attached hydrogen (secondary N) is 1. The Morgan fingerprint density at radius 2 is 1.41 bits per heavy atom. The maximum atomic E-state index is 13.7. The molecule has 1 N–H and O–H groups in total. The number of carbonyl (C=O) groups excluding carboxylic acids is 4. The lowest BCUT2D eigenvalue weighted by Gasteiger charge is -2.34. The van der Waals surface area contributed by atoms with Gasteiger partial charge in [0.05, 0.1) is 32.3 Å². The van der Waals surface area contributed by atoms with E-state index in [9.17, 15) is 19.2 Å². The highest BCUT2D eigenvalue weighted by Gasteiger charge is 2.43. The van der Waals surface area contributed by atoms with E-state index < -0.39 is 23.8 Å². The predicted molar refractivity (Wildman–Crippen MR) is 177 cm³/mol. The van der Waals surface area contributed by atoms with Gasteiger partial charge in [0.2, 0.25) is 0 Å². The van der Waals surface area contributed by atoms with Gasteiger partial charge in [-0.25, -0.2) is 14.6 Å². The molecule has 5 rings (SSSR count). The van der Waals surface area contributed by atoms with Crippen molar-refractivity contribution >= 4 is 81.1 Å². The first-order valence-electron chi connectivity index (χ1n) is 13.5. The van der Waals surface area contributed by atoms with Crippen LogP contribution in [0.15, 0.2) is 103 Å². The molecule has 0 aliphatic carbocycles. The number of halogens is 2. The number of rotatable bonds is 9. The van der Waals surface area contributed by atoms with E-state index in [0.717, 1.165) is 9.80 Å². The Kier molecular flexibility index (Phi) is 9.61. The number of anilines is 3. The molecular weight excluding hydrogens is 697 g/mol. The Morgan fingerprint density at radius 1 is 0.841 bits per heavy atom. The summed E-state index contributed by atoms with van der Waals surface area (Å²) in [5.74, 6) is -1.32. The molecule has 1 aliphatic rings. The molecular formula is C33H25ClIN3O6. The van der Waals surface area contributed by atoms with Crippen molar-refractivity contribution in [3.8, 4) is 11.5 Å². The molecule has 0 bridgehead atoms. The van der Waals surface area contributed by atoms with Gasteiger partial charge in [-0.05, 0) is 89.7 Å². The van der Waals surface area contributed by atoms with Crippen LogP contribution in [-0.4, -0.2) is 37.0 Å². The van der Waals surface area contributed by atoms with Crippen LogP contribution in [0.5, 0.6) is 11.5 Å². The number of amides is 5. The molecule has 1 saturated heterocycles. The number of hydrogen-bond donors (Lipinski definition) is 1. The molecule has 5 amide bonds. The molecule has 4 aromatic rings. The topological polar surface area (TPSA) is 105 Å². The van der Waals surface area contributed by atoms with Crippen LogP contribution in [0.2, 0.25) is 5.02 Å². The maximum absolute atomic E-state index is 13.7. The lowest BCUT2D eigenvalue weighted by molar-refractivity contribution is -0.121. The van der Waals surface area contributed by atoms with E-state index in [1.54, 1.807) is 104 Å². The van der Waals surface area contributed by atoms with E-state index in [1.807, 2.05) is 22.6 Å². The van der Waals surface area contributed by atoms with Crippen molar-refractivity contribution in [1.82, 2.24) is 0 Å². The van der Waals surface area contributed by atoms with Crippen LogP contribution in [-0.2, 0) is 14.4 Å². The number of imide groups is 2. The number of barbiturate groups is 1. The van der Waals surface area contributed by atoms with Crippen LogP contribution < -0.4 is 24.6 Å². The SMILES string of the molecule is CCOc1cc(C=C2C(=O)N(c3ccccc3)C(=O)N(c3ccccc3)C2=O)cc(I)c1OCC(=O)Nc1ccccc1Cl. The fourth-order valence-corrected chi connectivity index (χ4v) is 5.43. The number of urea groups is 1. The Balaban J connectivity index is 1.48. The van der Waals surface area contributed by atoms with E-state index in [-0.39, 0.29) is 18.8 Å². The molecule has 0 unspecified atom stereocenters. The lowest BCUT2D eigenvalue weighted by atomic mass is 10.0. The monoisotopic (exact) mass is 721 g/mol. The Labute approximate surface area is 272 Å². The van der Waals surface area contributed by atoms with Gasteiger partial charge >= 0.3 is 6.03 Å². The molecule has 0 radical (unpaired) electrons. The minimum absolute atomic E-state index is 0.219. The summed E-state index contributed by atoms with van der Waals surface area (Å²) >= 11 is 8.17. The minimum Gasteiger partial charge on any atom is -0.490 e. The van der Waals surface area contributed by atoms with Gasteiger partial charge in [-0.15, -0.1) is 0 Å². The number of carbonyl (C=O) groups is 4. The highest BCUT2D eigenvalue weighted by Crippen LogP contribution is 2.36. The van der Waals surface area contributed by atoms with Crippen molar-refractivity contribution in [2.24, 2.45) is 0 Å². The zero-order valence-electron chi connectivity index (χ0n) is 23.3. The van der Waals surface area contributed by atoms with Crippen LogP contribution in [0, 0.1) is 3.57 Å². The molecule has 1 heterocycles. The molecule has 9 nitrogen and oxygen atoms in total. The predicted octanol–water partition coefficient (Wildman–Crippen LogP) is 6.94. The second kappa shape index (κ2) is 13.7. The Morgan fingerprint density at radius 3 is 1.98 bits per heavy atom. The normalized spacial score (nSPS) is 13.2. The third kappa shape index (κ3) is 6.61. The molecule has 222 valence electrons. The summed E-state index contributed by atoms with van der Waals surface area (Å²) in [5, 5.41) is 3.10. The van der Waals surface area contributed by atoms with Crippen molar-refractivity contribution in [1.29, 1.82) is 0 Å². The fourth-order valence-electron chi connectivity index (χ4n) is 4.47. The minimum atomic E-state index is -0.780. The van der Waals surface area contributed by atoms with Gasteiger partial charge in [-0.1, -0.05) is 60.1 Å². The number of hydrogen-bond acceptors (Lipinski definition) is 6. The van der Waals surface area contributed by atoms with E-state index >= 15 is 0 Å². The van der Waals surface area contributed by atoms with E-state index in [1.165, 1.54) is 6.08 Å². The molecule has 44 heavy (non-hydrogen) atoms. The van der Waals surface area contributed by atoms with Crippen LogP contribution in [0.4, 0.5) is 21.9 Å². The van der Waals surface area contributed by atoms with Gasteiger partial charge in [0, 0.05) is 0 Å². The molecule has 0 atom stereocenters. The molecule has 0 saturated carbocycles. The van der Waals surface area contributed by atoms with Gasteiger partial charge in [-0.2, -0.15) is 0 Å². The standard InChI is InChI=1S/C33H25ClIN3O6/c1-2-43-28-19-21(18-26(35)30(28)44-20-29(39)36-27-16-10-9-15-25(27)34)17-24-31(40)37(22-11-5-3-6-12-22)33(42)38(32(24)41)23-13-7-4-8-14-23/h3-19H,2,20H2,1H3,(H,36,39). The zero-order chi connectivity index (χ0) is 31.2. The molecule has 4 aromatic carbocycles. The summed E-state index contributed by atoms with van der Waals surface area (Å²) in [6.07, 6.45) is 1.42. The molecule has 1 fully saturated rings. The number of benzene rings is 4. The van der Waals surface area contributed by atoms with Crippen molar-refractivity contribution in [3.63, 3.8) is 0 Å². The summed E-state index contributed by atoms with van der Waals surface area (Å²) in [5.41, 5.74) is 1.34. The zero-order valence-corrected chi connectivity index (χ0v) is 26.2.